The molecule has 1 aromatic heterocycles. The predicted octanol–water partition coefficient (Wildman–Crippen LogP) is 5.94. The Balaban J connectivity index is 1.64. The SMILES string of the molecule is CCCCCCCCN1CN(c2ccccc2)Cc2c1c1ccccc1oc2=O. The van der Waals surface area contributed by atoms with Crippen LogP contribution in [0.3, 0.4) is 0 Å². The van der Waals surface area contributed by atoms with E-state index in [4.69, 9.17) is 4.42 Å². The van der Waals surface area contributed by atoms with E-state index in [1.165, 1.54) is 32.1 Å². The summed E-state index contributed by atoms with van der Waals surface area (Å²) in [6.45, 7) is 4.58. The topological polar surface area (TPSA) is 36.7 Å². The third kappa shape index (κ3) is 4.31. The second kappa shape index (κ2) is 9.17. The van der Waals surface area contributed by atoms with E-state index in [-0.39, 0.29) is 5.63 Å². The van der Waals surface area contributed by atoms with E-state index in [0.29, 0.717) is 12.1 Å². The Morgan fingerprint density at radius 3 is 2.45 bits per heavy atom. The normalized spacial score (nSPS) is 13.7. The van der Waals surface area contributed by atoms with E-state index >= 15 is 0 Å². The van der Waals surface area contributed by atoms with Crippen molar-refractivity contribution in [2.45, 2.75) is 52.0 Å². The third-order valence-corrected chi connectivity index (χ3v) is 5.79. The van der Waals surface area contributed by atoms with Crippen LogP contribution in [0, 0.1) is 0 Å². The van der Waals surface area contributed by atoms with E-state index in [0.717, 1.165) is 42.0 Å². The molecule has 0 saturated carbocycles. The van der Waals surface area contributed by atoms with Gasteiger partial charge in [-0.25, -0.2) is 4.79 Å². The number of unbranched alkanes of at least 4 members (excludes halogenated alkanes) is 5. The summed E-state index contributed by atoms with van der Waals surface area (Å²) >= 11 is 0. The van der Waals surface area contributed by atoms with Gasteiger partial charge in [0.05, 0.1) is 24.5 Å². The maximum Gasteiger partial charge on any atom is 0.343 e. The predicted molar refractivity (Wildman–Crippen MR) is 121 cm³/mol. The Hall–Kier alpha value is -2.75. The molecule has 2 aromatic carbocycles. The first-order chi connectivity index (χ1) is 14.3. The second-order valence-corrected chi connectivity index (χ2v) is 7.92. The molecule has 1 aliphatic heterocycles. The minimum absolute atomic E-state index is 0.215. The lowest BCUT2D eigenvalue weighted by atomic mass is 10.0. The van der Waals surface area contributed by atoms with Crippen LogP contribution in [0.2, 0.25) is 0 Å². The molecule has 0 atom stereocenters. The first-order valence-electron chi connectivity index (χ1n) is 10.9. The van der Waals surface area contributed by atoms with Crippen molar-refractivity contribution in [1.82, 2.24) is 0 Å². The molecule has 29 heavy (non-hydrogen) atoms. The molecule has 3 aromatic rings. The summed E-state index contributed by atoms with van der Waals surface area (Å²) in [5.74, 6) is 0. The molecule has 0 unspecified atom stereocenters. The van der Waals surface area contributed by atoms with Gasteiger partial charge in [-0.15, -0.1) is 0 Å². The molecule has 0 saturated heterocycles. The molecule has 0 radical (unpaired) electrons. The zero-order valence-corrected chi connectivity index (χ0v) is 17.3. The summed E-state index contributed by atoms with van der Waals surface area (Å²) in [6.07, 6.45) is 7.56. The van der Waals surface area contributed by atoms with Crippen LogP contribution in [-0.4, -0.2) is 13.2 Å². The fourth-order valence-electron chi connectivity index (χ4n) is 4.27. The standard InChI is InChI=1S/C25H30N2O2/c1-2-3-4-5-6-12-17-26-19-27(20-13-8-7-9-14-20)18-22-24(26)21-15-10-11-16-23(21)29-25(22)28/h7-11,13-16H,2-6,12,17-19H2,1H3. The quantitative estimate of drug-likeness (QED) is 0.352. The van der Waals surface area contributed by atoms with E-state index in [2.05, 4.69) is 34.9 Å². The highest BCUT2D eigenvalue weighted by Crippen LogP contribution is 2.34. The molecular formula is C25H30N2O2. The van der Waals surface area contributed by atoms with Crippen molar-refractivity contribution in [2.75, 3.05) is 23.0 Å². The van der Waals surface area contributed by atoms with Crippen LogP contribution in [0.1, 0.15) is 51.0 Å². The molecule has 1 aliphatic rings. The van der Waals surface area contributed by atoms with Crippen molar-refractivity contribution < 1.29 is 4.42 Å². The van der Waals surface area contributed by atoms with E-state index in [9.17, 15) is 4.79 Å². The third-order valence-electron chi connectivity index (χ3n) is 5.79. The molecule has 0 bridgehead atoms. The molecular weight excluding hydrogens is 360 g/mol. The smallest absolute Gasteiger partial charge is 0.343 e. The first-order valence-corrected chi connectivity index (χ1v) is 10.9. The van der Waals surface area contributed by atoms with Crippen LogP contribution in [0.4, 0.5) is 11.4 Å². The lowest BCUT2D eigenvalue weighted by molar-refractivity contribution is 0.535. The lowest BCUT2D eigenvalue weighted by Crippen LogP contribution is -2.45. The van der Waals surface area contributed by atoms with Crippen molar-refractivity contribution in [1.29, 1.82) is 0 Å². The Labute approximate surface area is 172 Å². The van der Waals surface area contributed by atoms with Gasteiger partial charge >= 0.3 is 5.63 Å². The lowest BCUT2D eigenvalue weighted by Gasteiger charge is -2.39. The number of fused-ring (bicyclic) bond motifs is 3. The molecule has 0 N–H and O–H groups in total. The Morgan fingerprint density at radius 2 is 1.62 bits per heavy atom. The number of hydrogen-bond acceptors (Lipinski definition) is 4. The molecule has 0 spiro atoms. The number of rotatable bonds is 8. The summed E-state index contributed by atoms with van der Waals surface area (Å²) in [5, 5.41) is 1.04. The maximum atomic E-state index is 12.8. The fraction of sp³-hybridized carbons (Fsp3) is 0.400. The van der Waals surface area contributed by atoms with Crippen molar-refractivity contribution in [3.63, 3.8) is 0 Å². The zero-order chi connectivity index (χ0) is 20.1. The van der Waals surface area contributed by atoms with E-state index in [1.54, 1.807) is 0 Å². The molecule has 4 nitrogen and oxygen atoms in total. The van der Waals surface area contributed by atoms with Crippen molar-refractivity contribution in [3.8, 4) is 0 Å². The van der Waals surface area contributed by atoms with Crippen molar-refractivity contribution in [2.24, 2.45) is 0 Å². The average Bonchev–Trinajstić information content (AvgIpc) is 2.76. The highest BCUT2D eigenvalue weighted by Gasteiger charge is 2.28. The van der Waals surface area contributed by atoms with Gasteiger partial charge in [0.15, 0.2) is 0 Å². The Kier molecular flexibility index (Phi) is 6.18. The summed E-state index contributed by atoms with van der Waals surface area (Å²) in [4.78, 5) is 17.5. The molecule has 0 aliphatic carbocycles. The maximum absolute atomic E-state index is 12.8. The van der Waals surface area contributed by atoms with Crippen LogP contribution in [0.5, 0.6) is 0 Å². The highest BCUT2D eigenvalue weighted by molar-refractivity contribution is 5.92. The van der Waals surface area contributed by atoms with Crippen LogP contribution in [0.15, 0.2) is 63.8 Å². The molecule has 4 rings (SSSR count). The minimum atomic E-state index is -0.215. The summed E-state index contributed by atoms with van der Waals surface area (Å²) < 4.78 is 5.65. The number of nitrogens with zero attached hydrogens (tertiary/aromatic N) is 2. The van der Waals surface area contributed by atoms with E-state index in [1.807, 2.05) is 36.4 Å². The summed E-state index contributed by atoms with van der Waals surface area (Å²) in [5.41, 5.74) is 3.44. The highest BCUT2D eigenvalue weighted by atomic mass is 16.4. The van der Waals surface area contributed by atoms with Crippen LogP contribution < -0.4 is 15.4 Å². The van der Waals surface area contributed by atoms with Crippen molar-refractivity contribution in [3.05, 3.63) is 70.6 Å². The fourth-order valence-corrected chi connectivity index (χ4v) is 4.27. The molecule has 0 fully saturated rings. The summed E-state index contributed by atoms with van der Waals surface area (Å²) in [6, 6.07) is 18.2. The first kappa shape index (κ1) is 19.6. The average molecular weight is 391 g/mol. The van der Waals surface area contributed by atoms with Crippen LogP contribution in [-0.2, 0) is 6.54 Å². The van der Waals surface area contributed by atoms with Crippen LogP contribution in [0.25, 0.3) is 11.0 Å². The van der Waals surface area contributed by atoms with Gasteiger partial charge in [0.25, 0.3) is 0 Å². The van der Waals surface area contributed by atoms with Gasteiger partial charge in [-0.05, 0) is 30.7 Å². The molecule has 0 amide bonds. The van der Waals surface area contributed by atoms with Crippen LogP contribution >= 0.6 is 0 Å². The minimum Gasteiger partial charge on any atom is -0.422 e. The number of hydrogen-bond donors (Lipinski definition) is 0. The molecule has 152 valence electrons. The van der Waals surface area contributed by atoms with Gasteiger partial charge in [-0.2, -0.15) is 0 Å². The second-order valence-electron chi connectivity index (χ2n) is 7.92. The van der Waals surface area contributed by atoms with Gasteiger partial charge in [0.2, 0.25) is 0 Å². The Bertz CT molecular complexity index is 997. The van der Waals surface area contributed by atoms with Gasteiger partial charge in [-0.3, -0.25) is 0 Å². The monoisotopic (exact) mass is 390 g/mol. The number of benzene rings is 2. The van der Waals surface area contributed by atoms with Crippen molar-refractivity contribution >= 4 is 22.3 Å². The van der Waals surface area contributed by atoms with Gasteiger partial charge in [0.1, 0.15) is 5.58 Å². The summed E-state index contributed by atoms with van der Waals surface area (Å²) in [7, 11) is 0. The van der Waals surface area contributed by atoms with Gasteiger partial charge in [-0.1, -0.05) is 69.4 Å². The Morgan fingerprint density at radius 1 is 0.897 bits per heavy atom. The zero-order valence-electron chi connectivity index (χ0n) is 17.3. The molecule has 2 heterocycles. The van der Waals surface area contributed by atoms with Gasteiger partial charge in [0, 0.05) is 17.6 Å². The van der Waals surface area contributed by atoms with Gasteiger partial charge < -0.3 is 14.2 Å². The number of anilines is 2. The van der Waals surface area contributed by atoms with E-state index < -0.39 is 0 Å². The molecule has 4 heteroatoms. The number of para-hydroxylation sites is 2. The largest absolute Gasteiger partial charge is 0.422 e.